The van der Waals surface area contributed by atoms with Crippen molar-refractivity contribution in [2.45, 2.75) is 124 Å². The lowest BCUT2D eigenvalue weighted by Gasteiger charge is -2.72. The van der Waals surface area contributed by atoms with Crippen molar-refractivity contribution >= 4 is 5.78 Å². The average Bonchev–Trinajstić information content (AvgIpc) is 3.50. The molecular weight excluding hydrogens is 486 g/mol. The molecule has 0 amide bonds. The van der Waals surface area contributed by atoms with Crippen LogP contribution in [0, 0.1) is 52.3 Å². The van der Waals surface area contributed by atoms with E-state index in [1.165, 1.54) is 18.4 Å². The van der Waals surface area contributed by atoms with Crippen LogP contribution in [0.4, 0.5) is 0 Å². The number of aromatic nitrogens is 3. The van der Waals surface area contributed by atoms with E-state index in [1.807, 2.05) is 13.1 Å². The van der Waals surface area contributed by atoms with Gasteiger partial charge in [-0.25, -0.2) is 0 Å². The number of hydrogen-bond acceptors (Lipinski definition) is 6. The molecule has 5 aliphatic carbocycles. The highest BCUT2D eigenvalue weighted by Gasteiger charge is 2.73. The first-order valence-electron chi connectivity index (χ1n) is 15.5. The van der Waals surface area contributed by atoms with Gasteiger partial charge in [0.15, 0.2) is 0 Å². The Morgan fingerprint density at radius 2 is 1.64 bits per heavy atom. The van der Waals surface area contributed by atoms with E-state index in [0.29, 0.717) is 29.9 Å². The minimum Gasteiger partial charge on any atom is -0.425 e. The number of carbonyl (C=O) groups excluding carboxylic acids is 1. The summed E-state index contributed by atoms with van der Waals surface area (Å²) >= 11 is 0. The third kappa shape index (κ3) is 3.10. The first-order valence-corrected chi connectivity index (χ1v) is 15.5. The van der Waals surface area contributed by atoms with Crippen molar-refractivity contribution < 1.29 is 13.7 Å². The van der Waals surface area contributed by atoms with Gasteiger partial charge in [-0.05, 0) is 90.8 Å². The van der Waals surface area contributed by atoms with Crippen LogP contribution < -0.4 is 0 Å². The molecule has 8 atom stereocenters. The minimum absolute atomic E-state index is 0.0437. The summed E-state index contributed by atoms with van der Waals surface area (Å²) in [6, 6.07) is 0. The van der Waals surface area contributed by atoms with Crippen LogP contribution in [0.15, 0.2) is 15.1 Å². The van der Waals surface area contributed by atoms with Crippen molar-refractivity contribution in [3.8, 4) is 0 Å². The first-order chi connectivity index (χ1) is 18.2. The third-order valence-corrected chi connectivity index (χ3v) is 13.9. The van der Waals surface area contributed by atoms with E-state index in [1.54, 1.807) is 0 Å². The van der Waals surface area contributed by atoms with E-state index >= 15 is 0 Å². The SMILES string of the molecule is Cc1nnc([C@]23CCC(C)(C)CC2C2C(=O)C[C@@H]4[C@@]5(C)Cc6cnoc6C(C)(C)[C@@H]5CC[C@@]4(C)[C@]2(C)CC3)o1. The van der Waals surface area contributed by atoms with Crippen LogP contribution in [0.2, 0.25) is 0 Å². The van der Waals surface area contributed by atoms with Crippen LogP contribution in [0.5, 0.6) is 0 Å². The number of carbonyl (C=O) groups is 1. The van der Waals surface area contributed by atoms with Crippen LogP contribution in [0.25, 0.3) is 0 Å². The fourth-order valence-corrected chi connectivity index (χ4v) is 11.9. The number of Topliss-reactive ketones (excluding diaryl/α,β-unsaturated/α-hetero) is 1. The summed E-state index contributed by atoms with van der Waals surface area (Å²) in [7, 11) is 0. The maximum absolute atomic E-state index is 14.8. The molecule has 0 aromatic carbocycles. The van der Waals surface area contributed by atoms with Gasteiger partial charge in [-0.3, -0.25) is 4.79 Å². The Balaban J connectivity index is 1.34. The molecule has 5 aliphatic rings. The van der Waals surface area contributed by atoms with Gasteiger partial charge in [0.05, 0.1) is 11.6 Å². The Kier molecular flexibility index (Phi) is 5.09. The van der Waals surface area contributed by atoms with E-state index < -0.39 is 0 Å². The number of ketones is 1. The summed E-state index contributed by atoms with van der Waals surface area (Å²) in [4.78, 5) is 14.8. The predicted molar refractivity (Wildman–Crippen MR) is 148 cm³/mol. The smallest absolute Gasteiger partial charge is 0.222 e. The van der Waals surface area contributed by atoms with Gasteiger partial charge in [-0.1, -0.05) is 53.6 Å². The van der Waals surface area contributed by atoms with Crippen molar-refractivity contribution in [3.63, 3.8) is 0 Å². The molecule has 0 N–H and O–H groups in total. The molecule has 7 rings (SSSR count). The molecule has 2 aromatic rings. The zero-order valence-electron chi connectivity index (χ0n) is 25.3. The van der Waals surface area contributed by atoms with Gasteiger partial charge in [-0.15, -0.1) is 10.2 Å². The van der Waals surface area contributed by atoms with E-state index in [9.17, 15) is 4.79 Å². The summed E-state index contributed by atoms with van der Waals surface area (Å²) in [5.74, 6) is 4.14. The number of hydrogen-bond donors (Lipinski definition) is 0. The van der Waals surface area contributed by atoms with Crippen molar-refractivity contribution in [2.24, 2.45) is 45.3 Å². The largest absolute Gasteiger partial charge is 0.425 e. The van der Waals surface area contributed by atoms with Crippen LogP contribution >= 0.6 is 0 Å². The molecular formula is C33H47N3O3. The maximum atomic E-state index is 14.8. The molecule has 6 nitrogen and oxygen atoms in total. The van der Waals surface area contributed by atoms with Gasteiger partial charge in [-0.2, -0.15) is 0 Å². The zero-order valence-corrected chi connectivity index (χ0v) is 25.3. The van der Waals surface area contributed by atoms with Gasteiger partial charge < -0.3 is 8.94 Å². The lowest BCUT2D eigenvalue weighted by molar-refractivity contribution is -0.221. The molecule has 2 aromatic heterocycles. The number of aryl methyl sites for hydroxylation is 1. The molecule has 212 valence electrons. The second-order valence-corrected chi connectivity index (χ2v) is 16.5. The third-order valence-electron chi connectivity index (χ3n) is 13.9. The fourth-order valence-electron chi connectivity index (χ4n) is 11.9. The molecule has 2 heterocycles. The normalized spacial score (nSPS) is 45.9. The predicted octanol–water partition coefficient (Wildman–Crippen LogP) is 7.39. The molecule has 6 heteroatoms. The van der Waals surface area contributed by atoms with Crippen molar-refractivity contribution in [2.75, 3.05) is 0 Å². The van der Waals surface area contributed by atoms with Crippen LogP contribution in [-0.2, 0) is 22.0 Å². The summed E-state index contributed by atoms with van der Waals surface area (Å²) < 4.78 is 12.1. The Labute approximate surface area is 233 Å². The molecule has 2 unspecified atom stereocenters. The van der Waals surface area contributed by atoms with Gasteiger partial charge >= 0.3 is 0 Å². The molecule has 4 saturated carbocycles. The molecule has 0 radical (unpaired) electrons. The number of fused-ring (bicyclic) bond motifs is 8. The standard InChI is InChI=1S/C33H47N3O3/c1-19-35-36-27(38-19)33-13-11-28(2,3)17-21(33)25-22(37)15-24-30(6)16-20-18-34-39-26(20)29(4,5)23(30)9-10-31(24,7)32(25,8)12-14-33/h18,21,23-25H,9-17H2,1-8H3/t21?,23-,24+,25?,30-,31+,32+,33-/m0/s1. The molecule has 0 saturated heterocycles. The monoisotopic (exact) mass is 533 g/mol. The van der Waals surface area contributed by atoms with Gasteiger partial charge in [0, 0.05) is 30.2 Å². The van der Waals surface area contributed by atoms with Crippen LogP contribution in [0.1, 0.15) is 123 Å². The summed E-state index contributed by atoms with van der Waals surface area (Å²) in [5, 5.41) is 13.1. The minimum atomic E-state index is -0.175. The van der Waals surface area contributed by atoms with E-state index in [4.69, 9.17) is 8.94 Å². The highest BCUT2D eigenvalue weighted by atomic mass is 16.5. The zero-order chi connectivity index (χ0) is 27.8. The molecule has 39 heavy (non-hydrogen) atoms. The fraction of sp³-hybridized carbons (Fsp3) is 0.818. The van der Waals surface area contributed by atoms with Crippen molar-refractivity contribution in [3.05, 3.63) is 29.3 Å². The van der Waals surface area contributed by atoms with Crippen LogP contribution in [-0.4, -0.2) is 21.1 Å². The van der Waals surface area contributed by atoms with E-state index in [2.05, 4.69) is 63.8 Å². The van der Waals surface area contributed by atoms with E-state index in [0.717, 1.165) is 50.2 Å². The topological polar surface area (TPSA) is 82.0 Å². The number of rotatable bonds is 1. The summed E-state index contributed by atoms with van der Waals surface area (Å²) in [6.07, 6.45) is 11.3. The Morgan fingerprint density at radius 1 is 0.897 bits per heavy atom. The Morgan fingerprint density at radius 3 is 2.36 bits per heavy atom. The maximum Gasteiger partial charge on any atom is 0.222 e. The van der Waals surface area contributed by atoms with Crippen LogP contribution in [0.3, 0.4) is 0 Å². The Bertz CT molecular complexity index is 1340. The molecule has 0 spiro atoms. The Hall–Kier alpha value is -1.98. The quantitative estimate of drug-likeness (QED) is 0.380. The summed E-state index contributed by atoms with van der Waals surface area (Å²) in [5.41, 5.74) is 1.31. The van der Waals surface area contributed by atoms with E-state index in [-0.39, 0.29) is 44.3 Å². The lowest BCUT2D eigenvalue weighted by atomic mass is 9.31. The van der Waals surface area contributed by atoms with Gasteiger partial charge in [0.2, 0.25) is 11.8 Å². The number of nitrogens with zero attached hydrogens (tertiary/aromatic N) is 3. The second kappa shape index (κ2) is 7.64. The lowest BCUT2D eigenvalue weighted by Crippen LogP contribution is -2.69. The first kappa shape index (κ1) is 26.0. The summed E-state index contributed by atoms with van der Waals surface area (Å²) in [6.45, 7) is 19.0. The van der Waals surface area contributed by atoms with Crippen molar-refractivity contribution in [1.82, 2.24) is 15.4 Å². The highest BCUT2D eigenvalue weighted by Crippen LogP contribution is 2.76. The van der Waals surface area contributed by atoms with Gasteiger partial charge in [0.1, 0.15) is 11.5 Å². The molecule has 4 fully saturated rings. The molecule has 0 bridgehead atoms. The molecule has 0 aliphatic heterocycles. The van der Waals surface area contributed by atoms with Gasteiger partial charge in [0.25, 0.3) is 0 Å². The van der Waals surface area contributed by atoms with Crippen molar-refractivity contribution in [1.29, 1.82) is 0 Å². The highest BCUT2D eigenvalue weighted by molar-refractivity contribution is 5.84. The second-order valence-electron chi connectivity index (χ2n) is 16.5. The average molecular weight is 534 g/mol.